The highest BCUT2D eigenvalue weighted by atomic mass is 32.2. The summed E-state index contributed by atoms with van der Waals surface area (Å²) in [7, 11) is 0. The van der Waals surface area contributed by atoms with Crippen molar-refractivity contribution in [1.29, 1.82) is 0 Å². The summed E-state index contributed by atoms with van der Waals surface area (Å²) in [5, 5.41) is 2.75. The summed E-state index contributed by atoms with van der Waals surface area (Å²) in [5.74, 6) is 0.409. The number of pyridine rings is 1. The smallest absolute Gasteiger partial charge is 0.243 e. The zero-order valence-electron chi connectivity index (χ0n) is 13.3. The predicted octanol–water partition coefficient (Wildman–Crippen LogP) is 2.34. The third-order valence-corrected chi connectivity index (χ3v) is 5.26. The first-order valence-corrected chi connectivity index (χ1v) is 8.87. The summed E-state index contributed by atoms with van der Waals surface area (Å²) in [6.07, 6.45) is 6.96. The Kier molecular flexibility index (Phi) is 5.20. The maximum absolute atomic E-state index is 12.6. The Hall–Kier alpha value is -2.28. The van der Waals surface area contributed by atoms with Gasteiger partial charge in [-0.1, -0.05) is 6.92 Å². The molecule has 126 valence electrons. The third-order valence-electron chi connectivity index (χ3n) is 3.94. The molecule has 0 saturated carbocycles. The van der Waals surface area contributed by atoms with Gasteiger partial charge in [0.1, 0.15) is 11.4 Å². The van der Waals surface area contributed by atoms with E-state index in [2.05, 4.69) is 10.3 Å². The van der Waals surface area contributed by atoms with Gasteiger partial charge in [0.05, 0.1) is 12.5 Å². The molecular formula is C17H19N3O3S. The van der Waals surface area contributed by atoms with Crippen LogP contribution in [0.5, 0.6) is 0 Å². The van der Waals surface area contributed by atoms with Crippen molar-refractivity contribution >= 4 is 23.6 Å². The lowest BCUT2D eigenvalue weighted by Gasteiger charge is -2.28. The molecule has 2 aromatic rings. The van der Waals surface area contributed by atoms with Crippen LogP contribution in [0.25, 0.3) is 0 Å². The normalized spacial score (nSPS) is 20.1. The van der Waals surface area contributed by atoms with Crippen molar-refractivity contribution in [3.63, 3.8) is 0 Å². The summed E-state index contributed by atoms with van der Waals surface area (Å²) < 4.78 is 5.13. The van der Waals surface area contributed by atoms with Gasteiger partial charge in [-0.25, -0.2) is 0 Å². The van der Waals surface area contributed by atoms with E-state index < -0.39 is 6.04 Å². The number of rotatable bonds is 5. The average molecular weight is 345 g/mol. The molecule has 24 heavy (non-hydrogen) atoms. The highest BCUT2D eigenvalue weighted by Crippen LogP contribution is 2.41. The Morgan fingerprint density at radius 3 is 2.83 bits per heavy atom. The van der Waals surface area contributed by atoms with Gasteiger partial charge in [0.2, 0.25) is 11.8 Å². The van der Waals surface area contributed by atoms with Crippen LogP contribution < -0.4 is 5.32 Å². The Morgan fingerprint density at radius 1 is 1.38 bits per heavy atom. The van der Waals surface area contributed by atoms with Crippen molar-refractivity contribution in [3.05, 3.63) is 54.2 Å². The van der Waals surface area contributed by atoms with Gasteiger partial charge in [0.15, 0.2) is 0 Å². The molecule has 0 aliphatic carbocycles. The van der Waals surface area contributed by atoms with Crippen LogP contribution in [-0.2, 0) is 16.1 Å². The van der Waals surface area contributed by atoms with E-state index in [9.17, 15) is 9.59 Å². The number of amides is 2. The zero-order valence-corrected chi connectivity index (χ0v) is 14.2. The molecule has 2 aromatic heterocycles. The van der Waals surface area contributed by atoms with Crippen LogP contribution in [0.2, 0.25) is 0 Å². The number of furan rings is 1. The summed E-state index contributed by atoms with van der Waals surface area (Å²) in [6.45, 7) is 2.23. The molecule has 0 spiro atoms. The monoisotopic (exact) mass is 345 g/mol. The first-order valence-electron chi connectivity index (χ1n) is 7.82. The topological polar surface area (TPSA) is 75.4 Å². The van der Waals surface area contributed by atoms with Crippen LogP contribution in [0.15, 0.2) is 47.5 Å². The van der Waals surface area contributed by atoms with E-state index >= 15 is 0 Å². The van der Waals surface area contributed by atoms with Crippen molar-refractivity contribution in [1.82, 2.24) is 15.2 Å². The van der Waals surface area contributed by atoms with Crippen LogP contribution >= 0.6 is 11.8 Å². The second kappa shape index (κ2) is 7.53. The Morgan fingerprint density at radius 2 is 2.17 bits per heavy atom. The molecule has 1 aliphatic heterocycles. The number of aromatic nitrogens is 1. The molecule has 1 fully saturated rings. The zero-order chi connectivity index (χ0) is 16.9. The maximum atomic E-state index is 12.6. The molecule has 1 N–H and O–H groups in total. The second-order valence-corrected chi connectivity index (χ2v) is 6.60. The van der Waals surface area contributed by atoms with Gasteiger partial charge in [-0.3, -0.25) is 14.6 Å². The Bertz CT molecular complexity index is 690. The number of carbonyl (C=O) groups excluding carboxylic acids is 2. The Balaban J connectivity index is 1.71. The molecule has 1 aliphatic rings. The molecule has 0 bridgehead atoms. The first kappa shape index (κ1) is 16.6. The highest BCUT2D eigenvalue weighted by molar-refractivity contribution is 7.99. The van der Waals surface area contributed by atoms with Crippen molar-refractivity contribution in [2.75, 3.05) is 5.75 Å². The van der Waals surface area contributed by atoms with Gasteiger partial charge in [-0.2, -0.15) is 0 Å². The number of thioether (sulfide) groups is 1. The van der Waals surface area contributed by atoms with Gasteiger partial charge in [-0.15, -0.1) is 11.8 Å². The van der Waals surface area contributed by atoms with Gasteiger partial charge in [-0.05, 0) is 23.8 Å². The fourth-order valence-electron chi connectivity index (χ4n) is 2.68. The molecule has 3 rings (SSSR count). The van der Waals surface area contributed by atoms with E-state index in [4.69, 9.17) is 4.42 Å². The third kappa shape index (κ3) is 3.46. The lowest BCUT2D eigenvalue weighted by Crippen LogP contribution is -2.47. The van der Waals surface area contributed by atoms with E-state index in [0.717, 1.165) is 11.1 Å². The van der Waals surface area contributed by atoms with Crippen LogP contribution in [0.3, 0.4) is 0 Å². The molecule has 3 heterocycles. The highest BCUT2D eigenvalue weighted by Gasteiger charge is 2.41. The fourth-order valence-corrected chi connectivity index (χ4v) is 4.10. The predicted molar refractivity (Wildman–Crippen MR) is 90.9 cm³/mol. The van der Waals surface area contributed by atoms with Gasteiger partial charge in [0.25, 0.3) is 0 Å². The van der Waals surface area contributed by atoms with Crippen molar-refractivity contribution in [2.45, 2.75) is 31.3 Å². The number of carbonyl (C=O) groups is 2. The van der Waals surface area contributed by atoms with Crippen LogP contribution in [0.4, 0.5) is 0 Å². The molecule has 7 heteroatoms. The molecule has 2 unspecified atom stereocenters. The molecule has 6 nitrogen and oxygen atoms in total. The van der Waals surface area contributed by atoms with E-state index in [0.29, 0.717) is 18.7 Å². The minimum Gasteiger partial charge on any atom is -0.472 e. The van der Waals surface area contributed by atoms with Crippen LogP contribution in [0.1, 0.15) is 29.8 Å². The molecule has 1 saturated heterocycles. The average Bonchev–Trinajstić information content (AvgIpc) is 3.28. The number of hydrogen-bond donors (Lipinski definition) is 1. The van der Waals surface area contributed by atoms with Crippen molar-refractivity contribution in [3.8, 4) is 0 Å². The summed E-state index contributed by atoms with van der Waals surface area (Å²) in [6, 6.07) is 5.08. The number of nitrogens with one attached hydrogen (secondary N) is 1. The van der Waals surface area contributed by atoms with E-state index in [-0.39, 0.29) is 17.2 Å². The van der Waals surface area contributed by atoms with Crippen molar-refractivity contribution in [2.24, 2.45) is 0 Å². The lowest BCUT2D eigenvalue weighted by molar-refractivity contribution is -0.139. The van der Waals surface area contributed by atoms with Crippen LogP contribution in [0, 0.1) is 0 Å². The molecule has 0 aromatic carbocycles. The first-order chi connectivity index (χ1) is 11.7. The summed E-state index contributed by atoms with van der Waals surface area (Å²) >= 11 is 1.58. The van der Waals surface area contributed by atoms with E-state index in [1.807, 2.05) is 25.1 Å². The summed E-state index contributed by atoms with van der Waals surface area (Å²) in [4.78, 5) is 30.6. The van der Waals surface area contributed by atoms with Gasteiger partial charge < -0.3 is 14.6 Å². The minimum atomic E-state index is -0.468. The van der Waals surface area contributed by atoms with Gasteiger partial charge >= 0.3 is 0 Å². The molecule has 2 atom stereocenters. The standard InChI is InChI=1S/C17H19N3O3S/c1-2-15(21)20-14(11-24-17(20)13-5-8-23-10-13)16(22)19-9-12-3-6-18-7-4-12/h3-8,10,14,17H,2,9,11H2,1H3,(H,19,22). The number of hydrogen-bond acceptors (Lipinski definition) is 5. The fraction of sp³-hybridized carbons (Fsp3) is 0.353. The van der Waals surface area contributed by atoms with Crippen LogP contribution in [-0.4, -0.2) is 33.5 Å². The Labute approximate surface area is 144 Å². The molecule has 2 amide bonds. The maximum Gasteiger partial charge on any atom is 0.243 e. The molecule has 0 radical (unpaired) electrons. The van der Waals surface area contributed by atoms with Gasteiger partial charge in [0, 0.05) is 36.7 Å². The van der Waals surface area contributed by atoms with Crippen molar-refractivity contribution < 1.29 is 14.0 Å². The lowest BCUT2D eigenvalue weighted by atomic mass is 10.2. The molecular weight excluding hydrogens is 326 g/mol. The van der Waals surface area contributed by atoms with E-state index in [1.165, 1.54) is 0 Å². The quantitative estimate of drug-likeness (QED) is 0.900. The second-order valence-electron chi connectivity index (χ2n) is 5.49. The van der Waals surface area contributed by atoms with E-state index in [1.54, 1.807) is 41.6 Å². The number of nitrogens with zero attached hydrogens (tertiary/aromatic N) is 2. The SMILES string of the molecule is CCC(=O)N1C(C(=O)NCc2ccncc2)CSC1c1ccoc1. The summed E-state index contributed by atoms with van der Waals surface area (Å²) in [5.41, 5.74) is 1.88. The minimum absolute atomic E-state index is 0.0322. The largest absolute Gasteiger partial charge is 0.472 e.